The Balaban J connectivity index is 1.57. The zero-order valence-electron chi connectivity index (χ0n) is 16.1. The third-order valence-corrected chi connectivity index (χ3v) is 5.78. The molecule has 0 saturated carbocycles. The van der Waals surface area contributed by atoms with Gasteiger partial charge in [0.15, 0.2) is 0 Å². The lowest BCUT2D eigenvalue weighted by molar-refractivity contribution is -0.00780. The van der Waals surface area contributed by atoms with Crippen LogP contribution in [0.2, 0.25) is 0 Å². The van der Waals surface area contributed by atoms with Crippen LogP contribution in [-0.2, 0) is 0 Å². The van der Waals surface area contributed by atoms with Crippen molar-refractivity contribution in [2.24, 2.45) is 0 Å². The highest BCUT2D eigenvalue weighted by Crippen LogP contribution is 2.38. The zero-order valence-corrected chi connectivity index (χ0v) is 16.1. The van der Waals surface area contributed by atoms with E-state index in [-0.39, 0.29) is 12.3 Å². The summed E-state index contributed by atoms with van der Waals surface area (Å²) in [5, 5.41) is 17.9. The monoisotopic (exact) mass is 375 g/mol. The van der Waals surface area contributed by atoms with Crippen LogP contribution in [0.15, 0.2) is 48.5 Å². The first-order valence-electron chi connectivity index (χ1n) is 10.2. The third kappa shape index (κ3) is 2.86. The Morgan fingerprint density at radius 2 is 1.36 bits per heavy atom. The molecule has 0 spiro atoms. The molecule has 4 aromatic rings. The van der Waals surface area contributed by atoms with Crippen molar-refractivity contribution in [2.75, 3.05) is 6.54 Å². The van der Waals surface area contributed by atoms with E-state index < -0.39 is 0 Å². The lowest BCUT2D eigenvalue weighted by atomic mass is 10.0. The minimum Gasteiger partial charge on any atom is -0.260 e. The molecule has 144 valence electrons. The molecule has 5 rings (SSSR count). The molecular formula is C21H25N7. The van der Waals surface area contributed by atoms with Crippen LogP contribution in [0, 0.1) is 0 Å². The summed E-state index contributed by atoms with van der Waals surface area (Å²) in [6.45, 7) is 3.25. The molecule has 7 nitrogen and oxygen atoms in total. The summed E-state index contributed by atoms with van der Waals surface area (Å²) in [5.74, 6) is 0. The van der Waals surface area contributed by atoms with E-state index in [0.29, 0.717) is 0 Å². The van der Waals surface area contributed by atoms with E-state index in [1.165, 1.54) is 0 Å². The predicted molar refractivity (Wildman–Crippen MR) is 109 cm³/mol. The number of hydrogen-bond donors (Lipinski definition) is 0. The Morgan fingerprint density at radius 3 is 1.89 bits per heavy atom. The fourth-order valence-electron chi connectivity index (χ4n) is 4.39. The maximum Gasteiger partial charge on any atom is 0.113 e. The van der Waals surface area contributed by atoms with E-state index in [1.807, 2.05) is 24.3 Å². The average Bonchev–Trinajstić information content (AvgIpc) is 3.36. The van der Waals surface area contributed by atoms with Crippen molar-refractivity contribution >= 4 is 22.1 Å². The molecule has 1 fully saturated rings. The quantitative estimate of drug-likeness (QED) is 0.524. The number of nitrogens with zero attached hydrogens (tertiary/aromatic N) is 7. The highest BCUT2D eigenvalue weighted by Gasteiger charge is 2.35. The van der Waals surface area contributed by atoms with E-state index in [4.69, 9.17) is 0 Å². The number of piperidine rings is 1. The van der Waals surface area contributed by atoms with Crippen molar-refractivity contribution in [1.29, 1.82) is 0 Å². The van der Waals surface area contributed by atoms with Crippen LogP contribution in [0.3, 0.4) is 0 Å². The van der Waals surface area contributed by atoms with Gasteiger partial charge in [0, 0.05) is 6.54 Å². The lowest BCUT2D eigenvalue weighted by Gasteiger charge is -2.42. The number of fused-ring (bicyclic) bond motifs is 2. The summed E-state index contributed by atoms with van der Waals surface area (Å²) in [5.41, 5.74) is 4.09. The summed E-state index contributed by atoms with van der Waals surface area (Å²) in [7, 11) is 0. The van der Waals surface area contributed by atoms with Crippen LogP contribution >= 0.6 is 0 Å². The van der Waals surface area contributed by atoms with Gasteiger partial charge in [-0.2, -0.15) is 0 Å². The Bertz CT molecular complexity index is 1000. The summed E-state index contributed by atoms with van der Waals surface area (Å²) in [6.07, 6.45) is 5.93. The van der Waals surface area contributed by atoms with E-state index in [0.717, 1.165) is 60.7 Å². The van der Waals surface area contributed by atoms with E-state index >= 15 is 0 Å². The first kappa shape index (κ1) is 17.3. The molecule has 0 aliphatic carbocycles. The van der Waals surface area contributed by atoms with Gasteiger partial charge in [-0.25, -0.2) is 9.36 Å². The Kier molecular flexibility index (Phi) is 4.52. The fraction of sp³-hybridized carbons (Fsp3) is 0.429. The Hall–Kier alpha value is -2.80. The summed E-state index contributed by atoms with van der Waals surface area (Å²) in [6, 6.07) is 16.4. The molecule has 28 heavy (non-hydrogen) atoms. The van der Waals surface area contributed by atoms with Crippen LogP contribution in [0.25, 0.3) is 22.1 Å². The topological polar surface area (TPSA) is 64.7 Å². The first-order chi connectivity index (χ1) is 13.9. The number of benzene rings is 2. The lowest BCUT2D eigenvalue weighted by Crippen LogP contribution is -2.43. The van der Waals surface area contributed by atoms with Gasteiger partial charge in [0.05, 0.1) is 11.0 Å². The molecule has 3 heterocycles. The number of para-hydroxylation sites is 2. The molecule has 1 saturated heterocycles. The number of aromatic nitrogens is 6. The van der Waals surface area contributed by atoms with E-state index in [9.17, 15) is 0 Å². The molecule has 2 atom stereocenters. The molecule has 2 aromatic heterocycles. The van der Waals surface area contributed by atoms with E-state index in [1.54, 1.807) is 0 Å². The number of rotatable bonds is 5. The van der Waals surface area contributed by atoms with Crippen molar-refractivity contribution in [2.45, 2.75) is 51.4 Å². The van der Waals surface area contributed by atoms with Gasteiger partial charge >= 0.3 is 0 Å². The molecule has 1 aliphatic rings. The predicted octanol–water partition coefficient (Wildman–Crippen LogP) is 4.16. The molecule has 7 heteroatoms. The van der Waals surface area contributed by atoms with Crippen LogP contribution in [0.5, 0.6) is 0 Å². The molecule has 0 bridgehead atoms. The smallest absolute Gasteiger partial charge is 0.113 e. The highest BCUT2D eigenvalue weighted by molar-refractivity contribution is 5.74. The molecular weight excluding hydrogens is 350 g/mol. The van der Waals surface area contributed by atoms with Gasteiger partial charge in [-0.05, 0) is 49.9 Å². The van der Waals surface area contributed by atoms with Crippen LogP contribution in [0.4, 0.5) is 0 Å². The number of likely N-dealkylation sites (tertiary alicyclic amines) is 1. The second kappa shape index (κ2) is 7.31. The van der Waals surface area contributed by atoms with Crippen molar-refractivity contribution in [3.05, 3.63) is 48.5 Å². The SMILES string of the molecule is CCCCN1C(n2nnc3ccccc32)CCCC1n1nnc2ccccc21. The maximum atomic E-state index is 4.54. The van der Waals surface area contributed by atoms with Gasteiger partial charge in [0.2, 0.25) is 0 Å². The number of unbranched alkanes of at least 4 members (excludes halogenated alkanes) is 1. The van der Waals surface area contributed by atoms with Gasteiger partial charge in [0.25, 0.3) is 0 Å². The summed E-state index contributed by atoms with van der Waals surface area (Å²) < 4.78 is 4.21. The minimum atomic E-state index is 0.181. The summed E-state index contributed by atoms with van der Waals surface area (Å²) >= 11 is 0. The highest BCUT2D eigenvalue weighted by atomic mass is 15.6. The van der Waals surface area contributed by atoms with Crippen LogP contribution in [-0.4, -0.2) is 41.4 Å². The Morgan fingerprint density at radius 1 is 0.821 bits per heavy atom. The standard InChI is InChI=1S/C21H25N7/c1-2-3-15-26-20(27-18-11-6-4-9-16(18)22-24-27)13-8-14-21(26)28-19-12-7-5-10-17(19)23-25-28/h4-7,9-12,20-21H,2-3,8,13-15H2,1H3. The molecule has 0 N–H and O–H groups in total. The molecule has 0 radical (unpaired) electrons. The second-order valence-corrected chi connectivity index (χ2v) is 7.53. The van der Waals surface area contributed by atoms with Crippen LogP contribution in [0.1, 0.15) is 51.4 Å². The van der Waals surface area contributed by atoms with Gasteiger partial charge in [-0.15, -0.1) is 10.2 Å². The fourth-order valence-corrected chi connectivity index (χ4v) is 4.39. The molecule has 1 aliphatic heterocycles. The van der Waals surface area contributed by atoms with Crippen molar-refractivity contribution in [3.8, 4) is 0 Å². The summed E-state index contributed by atoms with van der Waals surface area (Å²) in [4.78, 5) is 2.55. The molecule has 2 aromatic carbocycles. The maximum absolute atomic E-state index is 4.54. The number of hydrogen-bond acceptors (Lipinski definition) is 5. The largest absolute Gasteiger partial charge is 0.260 e. The van der Waals surface area contributed by atoms with Crippen molar-refractivity contribution < 1.29 is 0 Å². The normalized spacial score (nSPS) is 20.9. The van der Waals surface area contributed by atoms with E-state index in [2.05, 4.69) is 66.1 Å². The van der Waals surface area contributed by atoms with Gasteiger partial charge in [-0.3, -0.25) is 4.90 Å². The van der Waals surface area contributed by atoms with Crippen LogP contribution < -0.4 is 0 Å². The van der Waals surface area contributed by atoms with Gasteiger partial charge < -0.3 is 0 Å². The van der Waals surface area contributed by atoms with Gasteiger partial charge in [-0.1, -0.05) is 48.0 Å². The Labute approximate surface area is 163 Å². The zero-order chi connectivity index (χ0) is 18.9. The average molecular weight is 375 g/mol. The minimum absolute atomic E-state index is 0.181. The van der Waals surface area contributed by atoms with Crippen molar-refractivity contribution in [1.82, 2.24) is 34.9 Å². The third-order valence-electron chi connectivity index (χ3n) is 5.78. The van der Waals surface area contributed by atoms with Gasteiger partial charge in [0.1, 0.15) is 23.4 Å². The van der Waals surface area contributed by atoms with Crippen molar-refractivity contribution in [3.63, 3.8) is 0 Å². The first-order valence-corrected chi connectivity index (χ1v) is 10.2. The second-order valence-electron chi connectivity index (χ2n) is 7.53. The molecule has 0 amide bonds. The molecule has 2 unspecified atom stereocenters.